The van der Waals surface area contributed by atoms with E-state index in [1.807, 2.05) is 0 Å². The highest BCUT2D eigenvalue weighted by atomic mass is 16.6. The summed E-state index contributed by atoms with van der Waals surface area (Å²) < 4.78 is 5.36. The Kier molecular flexibility index (Phi) is 3.33. The van der Waals surface area contributed by atoms with Crippen LogP contribution in [0.15, 0.2) is 0 Å². The molecule has 3 fully saturated rings. The zero-order valence-corrected chi connectivity index (χ0v) is 12.0. The van der Waals surface area contributed by atoms with Crippen molar-refractivity contribution in [3.63, 3.8) is 0 Å². The molecular weight excluding hydrogens is 266 g/mol. The maximum atomic E-state index is 12.3. The van der Waals surface area contributed by atoms with E-state index in [4.69, 9.17) is 4.74 Å². The second-order valence-electron chi connectivity index (χ2n) is 6.97. The van der Waals surface area contributed by atoms with Gasteiger partial charge in [0.2, 0.25) is 0 Å². The van der Waals surface area contributed by atoms with Crippen molar-refractivity contribution in [3.8, 4) is 0 Å². The Morgan fingerprint density at radius 1 is 1.25 bits per heavy atom. The van der Waals surface area contributed by atoms with E-state index < -0.39 is 39.7 Å². The van der Waals surface area contributed by atoms with E-state index in [1.54, 1.807) is 20.8 Å². The van der Waals surface area contributed by atoms with Crippen LogP contribution >= 0.6 is 0 Å². The second-order valence-corrected chi connectivity index (χ2v) is 6.97. The third-order valence-corrected chi connectivity index (χ3v) is 4.50. The molecule has 7 heteroatoms. The van der Waals surface area contributed by atoms with E-state index >= 15 is 0 Å². The van der Waals surface area contributed by atoms with Crippen molar-refractivity contribution >= 4 is 5.97 Å². The third-order valence-electron chi connectivity index (χ3n) is 4.50. The van der Waals surface area contributed by atoms with E-state index in [1.165, 1.54) is 0 Å². The molecule has 20 heavy (non-hydrogen) atoms. The first-order valence-electron chi connectivity index (χ1n) is 6.78. The van der Waals surface area contributed by atoms with E-state index in [-0.39, 0.29) is 25.7 Å². The Bertz CT molecular complexity index is 429. The highest BCUT2D eigenvalue weighted by Crippen LogP contribution is 2.54. The molecule has 0 heterocycles. The lowest BCUT2D eigenvalue weighted by atomic mass is 9.54. The Labute approximate surface area is 117 Å². The molecule has 0 saturated heterocycles. The normalized spacial score (nSPS) is 40.5. The molecule has 7 nitrogen and oxygen atoms in total. The lowest BCUT2D eigenvalue weighted by Gasteiger charge is -2.52. The summed E-state index contributed by atoms with van der Waals surface area (Å²) in [7, 11) is 0. The molecule has 3 rings (SSSR count). The van der Waals surface area contributed by atoms with Crippen LogP contribution in [-0.4, -0.2) is 44.5 Å². The van der Waals surface area contributed by atoms with Crippen LogP contribution in [0.3, 0.4) is 0 Å². The van der Waals surface area contributed by atoms with Gasteiger partial charge in [0, 0.05) is 11.3 Å². The zero-order chi connectivity index (χ0) is 15.3. The molecule has 4 atom stereocenters. The Morgan fingerprint density at radius 2 is 1.75 bits per heavy atom. The second kappa shape index (κ2) is 4.39. The SMILES string of the molecule is CC(C)(C)OC(=O)C12CCC([N+](=O)[O-])([C@H](O)C1)[C@@H](O)C2. The molecule has 2 unspecified atom stereocenters. The van der Waals surface area contributed by atoms with Gasteiger partial charge in [-0.05, 0) is 40.0 Å². The lowest BCUT2D eigenvalue weighted by Crippen LogP contribution is -2.69. The van der Waals surface area contributed by atoms with Crippen LogP contribution in [0, 0.1) is 15.5 Å². The largest absolute Gasteiger partial charge is 0.460 e. The number of rotatable bonds is 2. The number of nitro groups is 1. The van der Waals surface area contributed by atoms with Crippen LogP contribution in [0.25, 0.3) is 0 Å². The summed E-state index contributed by atoms with van der Waals surface area (Å²) in [5.74, 6) is -0.486. The molecule has 2 bridgehead atoms. The van der Waals surface area contributed by atoms with E-state index in [2.05, 4.69) is 0 Å². The lowest BCUT2D eigenvalue weighted by molar-refractivity contribution is -0.609. The monoisotopic (exact) mass is 287 g/mol. The van der Waals surface area contributed by atoms with Crippen molar-refractivity contribution in [3.05, 3.63) is 10.1 Å². The molecule has 3 saturated carbocycles. The fraction of sp³-hybridized carbons (Fsp3) is 0.923. The van der Waals surface area contributed by atoms with Gasteiger partial charge < -0.3 is 14.9 Å². The van der Waals surface area contributed by atoms with Gasteiger partial charge in [0.25, 0.3) is 5.54 Å². The number of carbonyl (C=O) groups is 1. The third kappa shape index (κ3) is 2.09. The van der Waals surface area contributed by atoms with Crippen LogP contribution in [0.1, 0.15) is 46.5 Å². The highest BCUT2D eigenvalue weighted by Gasteiger charge is 2.69. The predicted molar refractivity (Wildman–Crippen MR) is 68.5 cm³/mol. The Hall–Kier alpha value is -1.21. The summed E-state index contributed by atoms with van der Waals surface area (Å²) in [5, 5.41) is 31.4. The topological polar surface area (TPSA) is 110 Å². The van der Waals surface area contributed by atoms with Gasteiger partial charge >= 0.3 is 5.97 Å². The molecule has 114 valence electrons. The van der Waals surface area contributed by atoms with Gasteiger partial charge in [-0.2, -0.15) is 0 Å². The molecule has 0 spiro atoms. The minimum atomic E-state index is -1.73. The van der Waals surface area contributed by atoms with Gasteiger partial charge in [0.1, 0.15) is 17.8 Å². The van der Waals surface area contributed by atoms with Crippen molar-refractivity contribution in [2.24, 2.45) is 5.41 Å². The van der Waals surface area contributed by atoms with Crippen LogP contribution in [0.5, 0.6) is 0 Å². The van der Waals surface area contributed by atoms with E-state index in [9.17, 15) is 25.1 Å². The van der Waals surface area contributed by atoms with Gasteiger partial charge in [-0.15, -0.1) is 0 Å². The van der Waals surface area contributed by atoms with Crippen LogP contribution in [-0.2, 0) is 9.53 Å². The van der Waals surface area contributed by atoms with E-state index in [0.717, 1.165) is 0 Å². The van der Waals surface area contributed by atoms with Gasteiger partial charge in [0.05, 0.1) is 5.41 Å². The fourth-order valence-electron chi connectivity index (χ4n) is 3.37. The average molecular weight is 287 g/mol. The first kappa shape index (κ1) is 15.2. The summed E-state index contributed by atoms with van der Waals surface area (Å²) in [4.78, 5) is 23.0. The number of carbonyl (C=O) groups excluding carboxylic acids is 1. The molecule has 0 amide bonds. The minimum absolute atomic E-state index is 0.0123. The smallest absolute Gasteiger partial charge is 0.312 e. The van der Waals surface area contributed by atoms with Gasteiger partial charge in [-0.25, -0.2) is 0 Å². The maximum Gasteiger partial charge on any atom is 0.312 e. The standard InChI is InChI=1S/C13H21NO6/c1-11(2,3)20-10(17)12-4-5-13(14(18)19,8(15)6-12)9(16)7-12/h8-9,15-16H,4-7H2,1-3H3/t8-,9+,12?,13?. The molecule has 3 aliphatic carbocycles. The maximum absolute atomic E-state index is 12.3. The zero-order valence-electron chi connectivity index (χ0n) is 12.0. The average Bonchev–Trinajstić information content (AvgIpc) is 2.26. The molecule has 0 radical (unpaired) electrons. The number of hydrogen-bond donors (Lipinski definition) is 2. The first-order valence-corrected chi connectivity index (χ1v) is 6.78. The first-order chi connectivity index (χ1) is 9.03. The Morgan fingerprint density at radius 3 is 2.10 bits per heavy atom. The molecule has 0 aromatic carbocycles. The van der Waals surface area contributed by atoms with Crippen molar-refractivity contribution in [1.82, 2.24) is 0 Å². The summed E-state index contributed by atoms with van der Waals surface area (Å²) >= 11 is 0. The molecule has 3 aliphatic rings. The molecule has 2 N–H and O–H groups in total. The number of aliphatic hydroxyl groups excluding tert-OH is 2. The molecule has 0 aliphatic heterocycles. The molecular formula is C13H21NO6. The van der Waals surface area contributed by atoms with Gasteiger partial charge in [-0.3, -0.25) is 14.9 Å². The number of hydrogen-bond acceptors (Lipinski definition) is 6. The van der Waals surface area contributed by atoms with Crippen molar-refractivity contribution in [1.29, 1.82) is 0 Å². The minimum Gasteiger partial charge on any atom is -0.460 e. The fourth-order valence-corrected chi connectivity index (χ4v) is 3.37. The van der Waals surface area contributed by atoms with Crippen molar-refractivity contribution < 1.29 is 24.7 Å². The number of fused-ring (bicyclic) bond motifs is 3. The summed E-state index contributed by atoms with van der Waals surface area (Å²) in [6.07, 6.45) is -2.47. The number of esters is 1. The Balaban J connectivity index is 2.27. The van der Waals surface area contributed by atoms with Crippen molar-refractivity contribution in [2.75, 3.05) is 0 Å². The van der Waals surface area contributed by atoms with E-state index in [0.29, 0.717) is 0 Å². The van der Waals surface area contributed by atoms with Crippen molar-refractivity contribution in [2.45, 2.75) is 69.8 Å². The number of aliphatic hydroxyl groups is 2. The molecule has 0 aromatic rings. The highest BCUT2D eigenvalue weighted by molar-refractivity contribution is 5.78. The molecule has 0 aromatic heterocycles. The van der Waals surface area contributed by atoms with Crippen LogP contribution in [0.4, 0.5) is 0 Å². The summed E-state index contributed by atoms with van der Waals surface area (Å²) in [6.45, 7) is 5.21. The van der Waals surface area contributed by atoms with Gasteiger partial charge in [0.15, 0.2) is 0 Å². The number of nitrogens with zero attached hydrogens (tertiary/aromatic N) is 1. The van der Waals surface area contributed by atoms with Crippen LogP contribution < -0.4 is 0 Å². The quantitative estimate of drug-likeness (QED) is 0.438. The summed E-state index contributed by atoms with van der Waals surface area (Å²) in [6, 6.07) is 0. The van der Waals surface area contributed by atoms with Gasteiger partial charge in [-0.1, -0.05) is 0 Å². The number of ether oxygens (including phenoxy) is 1. The predicted octanol–water partition coefficient (Wildman–Crippen LogP) is 0.639. The van der Waals surface area contributed by atoms with Crippen LogP contribution in [0.2, 0.25) is 0 Å². The summed E-state index contributed by atoms with van der Waals surface area (Å²) in [5.41, 5.74) is -3.41.